The van der Waals surface area contributed by atoms with Crippen molar-refractivity contribution in [1.29, 1.82) is 0 Å². The van der Waals surface area contributed by atoms with Crippen molar-refractivity contribution >= 4 is 5.97 Å². The second-order valence-corrected chi connectivity index (χ2v) is 3.70. The van der Waals surface area contributed by atoms with Gasteiger partial charge in [0.25, 0.3) is 0 Å². The molecule has 78 valence electrons. The molecular formula is C10H20O3. The van der Waals surface area contributed by atoms with Crippen molar-refractivity contribution < 1.29 is 15.0 Å². The standard InChI is InChI=1S/C10H20O3/c1-3-8(2)5-4-6-9(11)7-10(12)13/h8-9,11H,3-7H2,1-2H3,(H,12,13). The first kappa shape index (κ1) is 12.4. The van der Waals surface area contributed by atoms with E-state index in [0.29, 0.717) is 12.3 Å². The lowest BCUT2D eigenvalue weighted by Crippen LogP contribution is -2.12. The molecule has 0 radical (unpaired) electrons. The molecule has 0 fully saturated rings. The summed E-state index contributed by atoms with van der Waals surface area (Å²) in [6.45, 7) is 4.31. The third-order valence-electron chi connectivity index (χ3n) is 2.34. The van der Waals surface area contributed by atoms with E-state index in [-0.39, 0.29) is 6.42 Å². The molecule has 2 N–H and O–H groups in total. The van der Waals surface area contributed by atoms with Crippen LogP contribution in [0.4, 0.5) is 0 Å². The van der Waals surface area contributed by atoms with Crippen LogP contribution in [0.15, 0.2) is 0 Å². The van der Waals surface area contributed by atoms with Gasteiger partial charge in [-0.15, -0.1) is 0 Å². The van der Waals surface area contributed by atoms with Gasteiger partial charge in [-0.25, -0.2) is 0 Å². The van der Waals surface area contributed by atoms with E-state index in [9.17, 15) is 9.90 Å². The first-order chi connectivity index (χ1) is 6.06. The maximum atomic E-state index is 10.2. The minimum absolute atomic E-state index is 0.124. The summed E-state index contributed by atoms with van der Waals surface area (Å²) < 4.78 is 0. The van der Waals surface area contributed by atoms with E-state index in [1.807, 2.05) is 0 Å². The van der Waals surface area contributed by atoms with E-state index in [4.69, 9.17) is 5.11 Å². The smallest absolute Gasteiger partial charge is 0.305 e. The molecule has 0 heterocycles. The van der Waals surface area contributed by atoms with E-state index < -0.39 is 12.1 Å². The SMILES string of the molecule is CCC(C)CCCC(O)CC(=O)O. The Morgan fingerprint density at radius 2 is 2.00 bits per heavy atom. The highest BCUT2D eigenvalue weighted by Gasteiger charge is 2.09. The number of aliphatic carboxylic acids is 1. The summed E-state index contributed by atoms with van der Waals surface area (Å²) in [7, 11) is 0. The van der Waals surface area contributed by atoms with Crippen LogP contribution in [0.25, 0.3) is 0 Å². The predicted octanol–water partition coefficient (Wildman–Crippen LogP) is 2.04. The molecule has 13 heavy (non-hydrogen) atoms. The van der Waals surface area contributed by atoms with Crippen LogP contribution >= 0.6 is 0 Å². The summed E-state index contributed by atoms with van der Waals surface area (Å²) in [5, 5.41) is 17.6. The van der Waals surface area contributed by atoms with E-state index in [1.165, 1.54) is 0 Å². The zero-order chi connectivity index (χ0) is 10.3. The van der Waals surface area contributed by atoms with Gasteiger partial charge < -0.3 is 10.2 Å². The maximum Gasteiger partial charge on any atom is 0.305 e. The van der Waals surface area contributed by atoms with E-state index in [1.54, 1.807) is 0 Å². The van der Waals surface area contributed by atoms with Crippen molar-refractivity contribution in [3.05, 3.63) is 0 Å². The number of carbonyl (C=O) groups is 1. The molecule has 0 saturated carbocycles. The van der Waals surface area contributed by atoms with Crippen LogP contribution in [0.3, 0.4) is 0 Å². The van der Waals surface area contributed by atoms with Crippen LogP contribution in [-0.2, 0) is 4.79 Å². The van der Waals surface area contributed by atoms with Gasteiger partial charge in [0.15, 0.2) is 0 Å². The monoisotopic (exact) mass is 188 g/mol. The van der Waals surface area contributed by atoms with Crippen molar-refractivity contribution in [3.63, 3.8) is 0 Å². The fourth-order valence-corrected chi connectivity index (χ4v) is 1.21. The Kier molecular flexibility index (Phi) is 6.59. The number of carboxylic acids is 1. The normalized spacial score (nSPS) is 15.3. The molecule has 0 aromatic carbocycles. The molecule has 0 aliphatic heterocycles. The predicted molar refractivity (Wildman–Crippen MR) is 51.6 cm³/mol. The van der Waals surface area contributed by atoms with Gasteiger partial charge in [0.2, 0.25) is 0 Å². The highest BCUT2D eigenvalue weighted by Crippen LogP contribution is 2.13. The molecule has 0 aliphatic carbocycles. The fourth-order valence-electron chi connectivity index (χ4n) is 1.21. The number of aliphatic hydroxyl groups excluding tert-OH is 1. The van der Waals surface area contributed by atoms with Gasteiger partial charge in [0.1, 0.15) is 0 Å². The molecule has 2 unspecified atom stereocenters. The molecule has 0 aromatic rings. The molecule has 0 saturated heterocycles. The van der Waals surface area contributed by atoms with Crippen molar-refractivity contribution in [1.82, 2.24) is 0 Å². The molecular weight excluding hydrogens is 168 g/mol. The number of aliphatic hydroxyl groups is 1. The van der Waals surface area contributed by atoms with E-state index in [0.717, 1.165) is 19.3 Å². The largest absolute Gasteiger partial charge is 0.481 e. The van der Waals surface area contributed by atoms with Crippen LogP contribution < -0.4 is 0 Å². The minimum Gasteiger partial charge on any atom is -0.481 e. The van der Waals surface area contributed by atoms with Gasteiger partial charge >= 0.3 is 5.97 Å². The Morgan fingerprint density at radius 1 is 1.38 bits per heavy atom. The zero-order valence-corrected chi connectivity index (χ0v) is 8.49. The van der Waals surface area contributed by atoms with Gasteiger partial charge in [-0.3, -0.25) is 4.79 Å². The highest BCUT2D eigenvalue weighted by molar-refractivity contribution is 5.67. The summed E-state index contributed by atoms with van der Waals surface area (Å²) in [5.41, 5.74) is 0. The summed E-state index contributed by atoms with van der Waals surface area (Å²) in [6.07, 6.45) is 2.96. The topological polar surface area (TPSA) is 57.5 Å². The van der Waals surface area contributed by atoms with Crippen LogP contribution in [0.5, 0.6) is 0 Å². The van der Waals surface area contributed by atoms with Crippen LogP contribution in [-0.4, -0.2) is 22.3 Å². The summed E-state index contributed by atoms with van der Waals surface area (Å²) in [6, 6.07) is 0. The van der Waals surface area contributed by atoms with Crippen molar-refractivity contribution in [2.24, 2.45) is 5.92 Å². The minimum atomic E-state index is -0.920. The molecule has 0 aromatic heterocycles. The quantitative estimate of drug-likeness (QED) is 0.642. The van der Waals surface area contributed by atoms with Gasteiger partial charge in [0.05, 0.1) is 12.5 Å². The second-order valence-electron chi connectivity index (χ2n) is 3.70. The number of rotatable bonds is 7. The zero-order valence-electron chi connectivity index (χ0n) is 8.49. The van der Waals surface area contributed by atoms with Gasteiger partial charge in [-0.05, 0) is 12.3 Å². The number of carboxylic acid groups (broad SMARTS) is 1. The number of hydrogen-bond donors (Lipinski definition) is 2. The number of hydrogen-bond acceptors (Lipinski definition) is 2. The lowest BCUT2D eigenvalue weighted by atomic mass is 9.99. The first-order valence-electron chi connectivity index (χ1n) is 4.96. The summed E-state index contributed by atoms with van der Waals surface area (Å²) >= 11 is 0. The van der Waals surface area contributed by atoms with Crippen molar-refractivity contribution in [2.45, 2.75) is 52.1 Å². The first-order valence-corrected chi connectivity index (χ1v) is 4.96. The van der Waals surface area contributed by atoms with Crippen LogP contribution in [0.1, 0.15) is 46.0 Å². The van der Waals surface area contributed by atoms with Crippen LogP contribution in [0.2, 0.25) is 0 Å². The molecule has 3 nitrogen and oxygen atoms in total. The average Bonchev–Trinajstić information content (AvgIpc) is 2.02. The summed E-state index contributed by atoms with van der Waals surface area (Å²) in [5.74, 6) is -0.243. The average molecular weight is 188 g/mol. The molecule has 0 rings (SSSR count). The lowest BCUT2D eigenvalue weighted by Gasteiger charge is -2.10. The van der Waals surface area contributed by atoms with E-state index in [2.05, 4.69) is 13.8 Å². The van der Waals surface area contributed by atoms with Gasteiger partial charge in [-0.1, -0.05) is 33.1 Å². The second kappa shape index (κ2) is 6.89. The Hall–Kier alpha value is -0.570. The molecule has 3 heteroatoms. The third kappa shape index (κ3) is 7.78. The molecule has 2 atom stereocenters. The highest BCUT2D eigenvalue weighted by atomic mass is 16.4. The third-order valence-corrected chi connectivity index (χ3v) is 2.34. The Labute approximate surface area is 79.8 Å². The van der Waals surface area contributed by atoms with Gasteiger partial charge in [0, 0.05) is 0 Å². The van der Waals surface area contributed by atoms with Gasteiger partial charge in [-0.2, -0.15) is 0 Å². The Morgan fingerprint density at radius 3 is 2.46 bits per heavy atom. The molecule has 0 spiro atoms. The van der Waals surface area contributed by atoms with Crippen LogP contribution in [0, 0.1) is 5.92 Å². The van der Waals surface area contributed by atoms with Crippen molar-refractivity contribution in [3.8, 4) is 0 Å². The summed E-state index contributed by atoms with van der Waals surface area (Å²) in [4.78, 5) is 10.2. The Bertz CT molecular complexity index is 145. The van der Waals surface area contributed by atoms with E-state index >= 15 is 0 Å². The maximum absolute atomic E-state index is 10.2. The molecule has 0 bridgehead atoms. The fraction of sp³-hybridized carbons (Fsp3) is 0.900. The molecule has 0 aliphatic rings. The Balaban J connectivity index is 3.36. The molecule has 0 amide bonds. The lowest BCUT2D eigenvalue weighted by molar-refractivity contribution is -0.139. The van der Waals surface area contributed by atoms with Crippen molar-refractivity contribution in [2.75, 3.05) is 0 Å².